The smallest absolute Gasteiger partial charge is 0.490 e. The molecule has 206 valence electrons. The Bertz CT molecular complexity index is 1560. The Morgan fingerprint density at radius 1 is 1.08 bits per heavy atom. The number of hydrogen-bond acceptors (Lipinski definition) is 9. The number of methoxy groups -OCH3 is 2. The second-order valence-electron chi connectivity index (χ2n) is 7.42. The van der Waals surface area contributed by atoms with Crippen molar-refractivity contribution in [1.82, 2.24) is 29.5 Å². The van der Waals surface area contributed by atoms with Gasteiger partial charge in [-0.05, 0) is 37.9 Å². The molecule has 39 heavy (non-hydrogen) atoms. The minimum absolute atomic E-state index is 0.177. The van der Waals surface area contributed by atoms with E-state index >= 15 is 0 Å². The van der Waals surface area contributed by atoms with Crippen LogP contribution in [0, 0.1) is 0 Å². The van der Waals surface area contributed by atoms with Crippen LogP contribution in [-0.2, 0) is 11.8 Å². The van der Waals surface area contributed by atoms with E-state index in [1.165, 1.54) is 25.0 Å². The van der Waals surface area contributed by atoms with Gasteiger partial charge in [-0.3, -0.25) is 9.48 Å². The molecule has 17 heteroatoms. The maximum Gasteiger partial charge on any atom is 0.490 e. The maximum atomic E-state index is 12.8. The molecule has 0 bridgehead atoms. The Kier molecular flexibility index (Phi) is 8.96. The number of aromatic nitrogens is 6. The highest BCUT2D eigenvalue weighted by Gasteiger charge is 2.38. The number of carboxylic acid groups (broad SMARTS) is 1. The summed E-state index contributed by atoms with van der Waals surface area (Å²) in [5.41, 5.74) is 8.18. The van der Waals surface area contributed by atoms with Gasteiger partial charge in [0.15, 0.2) is 5.82 Å². The van der Waals surface area contributed by atoms with E-state index in [4.69, 9.17) is 25.1 Å². The molecule has 0 saturated heterocycles. The van der Waals surface area contributed by atoms with Gasteiger partial charge in [0, 0.05) is 30.9 Å². The zero-order chi connectivity index (χ0) is 29.1. The van der Waals surface area contributed by atoms with Gasteiger partial charge in [0.05, 0.1) is 41.3 Å². The normalized spacial score (nSPS) is 11.0. The first-order valence-electron chi connectivity index (χ1n) is 10.4. The van der Waals surface area contributed by atoms with Crippen LogP contribution in [0.5, 0.6) is 11.5 Å². The van der Waals surface area contributed by atoms with Gasteiger partial charge in [-0.2, -0.15) is 28.1 Å². The fraction of sp³-hybridized carbons (Fsp3) is 0.182. The molecular weight excluding hydrogens is 659 g/mol. The van der Waals surface area contributed by atoms with Crippen LogP contribution < -0.4 is 20.8 Å². The number of carboxylic acids is 1. The van der Waals surface area contributed by atoms with Gasteiger partial charge in [0.2, 0.25) is 0 Å². The van der Waals surface area contributed by atoms with Gasteiger partial charge in [0.1, 0.15) is 28.6 Å². The maximum absolute atomic E-state index is 12.8. The second-order valence-corrected chi connectivity index (χ2v) is 9.01. The monoisotopic (exact) mass is 675 g/mol. The number of ether oxygens (including phenoxy) is 2. The first kappa shape index (κ1) is 29.6. The number of nitrogen functional groups attached to an aromatic ring is 1. The molecule has 0 aliphatic rings. The largest absolute Gasteiger partial charge is 0.495 e. The number of alkyl halides is 3. The molecule has 0 atom stereocenters. The zero-order valence-electron chi connectivity index (χ0n) is 20.2. The van der Waals surface area contributed by atoms with Crippen LogP contribution in [0.3, 0.4) is 0 Å². The molecule has 0 spiro atoms. The summed E-state index contributed by atoms with van der Waals surface area (Å²) >= 11 is 6.99. The molecule has 0 saturated carbocycles. The van der Waals surface area contributed by atoms with Crippen molar-refractivity contribution in [2.45, 2.75) is 6.18 Å². The van der Waals surface area contributed by atoms with Gasteiger partial charge >= 0.3 is 12.1 Å². The molecule has 0 aliphatic carbocycles. The lowest BCUT2D eigenvalue weighted by Crippen LogP contribution is -2.22. The first-order valence-corrected chi connectivity index (χ1v) is 12.0. The summed E-state index contributed by atoms with van der Waals surface area (Å²) in [5, 5.41) is 15.8. The molecule has 3 aromatic heterocycles. The Hall–Kier alpha value is -3.99. The van der Waals surface area contributed by atoms with E-state index in [0.29, 0.717) is 43.2 Å². The van der Waals surface area contributed by atoms with E-state index < -0.39 is 12.1 Å². The number of anilines is 1. The summed E-state index contributed by atoms with van der Waals surface area (Å²) in [6.07, 6.45) is -0.0316. The molecule has 4 rings (SSSR count). The van der Waals surface area contributed by atoms with E-state index in [0.717, 1.165) is 5.56 Å². The zero-order valence-corrected chi connectivity index (χ0v) is 23.4. The molecule has 0 unspecified atom stereocenters. The predicted octanol–water partition coefficient (Wildman–Crippen LogP) is 3.85. The van der Waals surface area contributed by atoms with E-state index in [2.05, 4.69) is 52.0 Å². The van der Waals surface area contributed by atoms with Gasteiger partial charge in [0.25, 0.3) is 5.56 Å². The number of aliphatic carboxylic acids is 1. The van der Waals surface area contributed by atoms with Gasteiger partial charge in [-0.15, -0.1) is 0 Å². The lowest BCUT2D eigenvalue weighted by molar-refractivity contribution is -0.192. The van der Waals surface area contributed by atoms with E-state index in [1.807, 2.05) is 13.2 Å². The Morgan fingerprint density at radius 3 is 2.15 bits per heavy atom. The average molecular weight is 677 g/mol. The van der Waals surface area contributed by atoms with Gasteiger partial charge < -0.3 is 20.3 Å². The number of rotatable bonds is 5. The topological polar surface area (TPSA) is 160 Å². The summed E-state index contributed by atoms with van der Waals surface area (Å²) in [5.74, 6) is -1.64. The minimum Gasteiger partial charge on any atom is -0.495 e. The first-order chi connectivity index (χ1) is 18.3. The fourth-order valence-corrected chi connectivity index (χ4v) is 4.59. The molecule has 0 radical (unpaired) electrons. The van der Waals surface area contributed by atoms with E-state index in [-0.39, 0.29) is 11.4 Å². The number of aryl methyl sites for hydroxylation is 1. The van der Waals surface area contributed by atoms with Gasteiger partial charge in [-0.25, -0.2) is 14.8 Å². The van der Waals surface area contributed by atoms with Crippen molar-refractivity contribution in [3.05, 3.63) is 56.1 Å². The Morgan fingerprint density at radius 2 is 1.67 bits per heavy atom. The highest BCUT2D eigenvalue weighted by molar-refractivity contribution is 9.11. The molecule has 0 amide bonds. The minimum atomic E-state index is -5.08. The average Bonchev–Trinajstić information content (AvgIpc) is 3.32. The third kappa shape index (κ3) is 6.54. The van der Waals surface area contributed by atoms with Crippen molar-refractivity contribution in [2.24, 2.45) is 7.05 Å². The van der Waals surface area contributed by atoms with Crippen molar-refractivity contribution in [1.29, 1.82) is 0 Å². The lowest BCUT2D eigenvalue weighted by Gasteiger charge is -2.16. The standard InChI is InChI=1S/C20H17Br2N7O3.C2HF3O2/c1-28-9-10(7-25-28)12-8-24-20(23)18(26-12)11-4-5-15(30)29(27-11)19-16(21)13(31-2)6-14(32-3)17(19)22;3-2(4,5)1(6)7/h4-9H,1-3H3,(H2,23,24);(H,6,7). The van der Waals surface area contributed by atoms with Crippen LogP contribution in [0.15, 0.2) is 50.5 Å². The van der Waals surface area contributed by atoms with E-state index in [9.17, 15) is 18.0 Å². The Labute approximate surface area is 234 Å². The van der Waals surface area contributed by atoms with Crippen LogP contribution in [0.4, 0.5) is 19.0 Å². The Balaban J connectivity index is 0.000000532. The number of nitrogens with two attached hydrogens (primary N) is 1. The summed E-state index contributed by atoms with van der Waals surface area (Å²) in [6.45, 7) is 0. The fourth-order valence-electron chi connectivity index (χ4n) is 3.04. The number of halogens is 5. The molecule has 4 aromatic rings. The lowest BCUT2D eigenvalue weighted by atomic mass is 10.2. The summed E-state index contributed by atoms with van der Waals surface area (Å²) < 4.78 is 46.5. The third-order valence-corrected chi connectivity index (χ3v) is 6.38. The van der Waals surface area contributed by atoms with Crippen LogP contribution in [0.1, 0.15) is 0 Å². The van der Waals surface area contributed by atoms with Crippen LogP contribution in [0.2, 0.25) is 0 Å². The van der Waals surface area contributed by atoms with Gasteiger partial charge in [-0.1, -0.05) is 0 Å². The van der Waals surface area contributed by atoms with Crippen molar-refractivity contribution in [2.75, 3.05) is 20.0 Å². The number of hydrogen-bond donors (Lipinski definition) is 2. The highest BCUT2D eigenvalue weighted by atomic mass is 79.9. The van der Waals surface area contributed by atoms with E-state index in [1.54, 1.807) is 29.2 Å². The van der Waals surface area contributed by atoms with Crippen molar-refractivity contribution >= 4 is 43.6 Å². The summed E-state index contributed by atoms with van der Waals surface area (Å²) in [6, 6.07) is 4.61. The second kappa shape index (κ2) is 11.8. The van der Waals surface area contributed by atoms with Crippen molar-refractivity contribution in [3.63, 3.8) is 0 Å². The predicted molar refractivity (Wildman–Crippen MR) is 140 cm³/mol. The molecule has 3 heterocycles. The van der Waals surface area contributed by atoms with Crippen LogP contribution in [0.25, 0.3) is 28.3 Å². The molecule has 3 N–H and O–H groups in total. The SMILES string of the molecule is COc1cc(OC)c(Br)c(-n2nc(-c3nc(-c4cnn(C)c4)cnc3N)ccc2=O)c1Br.O=C(O)C(F)(F)F. The summed E-state index contributed by atoms with van der Waals surface area (Å²) in [7, 11) is 4.85. The number of nitrogens with zero attached hydrogens (tertiary/aromatic N) is 6. The molecule has 0 fully saturated rings. The molecular formula is C22H18Br2F3N7O5. The third-order valence-electron chi connectivity index (χ3n) is 4.85. The molecule has 12 nitrogen and oxygen atoms in total. The highest BCUT2D eigenvalue weighted by Crippen LogP contribution is 2.42. The molecule has 1 aromatic carbocycles. The van der Waals surface area contributed by atoms with Crippen molar-refractivity contribution in [3.8, 4) is 39.8 Å². The summed E-state index contributed by atoms with van der Waals surface area (Å²) in [4.78, 5) is 30.5. The quantitative estimate of drug-likeness (QED) is 0.318. The molecule has 0 aliphatic heterocycles. The van der Waals surface area contributed by atoms with Crippen LogP contribution >= 0.6 is 31.9 Å². The number of benzene rings is 1. The van der Waals surface area contributed by atoms with Crippen LogP contribution in [-0.4, -0.2) is 61.0 Å². The van der Waals surface area contributed by atoms with Crippen molar-refractivity contribution < 1.29 is 32.5 Å². The number of carbonyl (C=O) groups is 1.